The summed E-state index contributed by atoms with van der Waals surface area (Å²) in [5.74, 6) is 0. The summed E-state index contributed by atoms with van der Waals surface area (Å²) < 4.78 is 5.71. The molecule has 0 fully saturated rings. The van der Waals surface area contributed by atoms with E-state index in [4.69, 9.17) is 0 Å². The summed E-state index contributed by atoms with van der Waals surface area (Å²) in [6, 6.07) is 50.5. The van der Waals surface area contributed by atoms with Crippen molar-refractivity contribution in [3.8, 4) is 11.1 Å². The van der Waals surface area contributed by atoms with E-state index in [9.17, 15) is 0 Å². The Labute approximate surface area is 236 Å². The Morgan fingerprint density at radius 2 is 0.707 bits per heavy atom. The van der Waals surface area contributed by atoms with E-state index in [1.807, 2.05) is 0 Å². The fourth-order valence-electron chi connectivity index (χ4n) is 8.54. The lowest BCUT2D eigenvalue weighted by molar-refractivity contribution is 1.22. The number of nitrogens with zero attached hydrogens (tertiary/aromatic N) is 2. The zero-order valence-corrected chi connectivity index (χ0v) is 23.1. The van der Waals surface area contributed by atoms with Crippen LogP contribution in [0.2, 0.25) is 0 Å². The summed E-state index contributed by atoms with van der Waals surface area (Å²) >= 11 is 0. The van der Waals surface area contributed by atoms with Crippen LogP contribution in [0.5, 0.6) is 0 Å². The average molecular weight is 535 g/mol. The van der Waals surface area contributed by atoms with Gasteiger partial charge in [0.1, 0.15) is 0 Å². The van der Waals surface area contributed by atoms with Crippen molar-refractivity contribution in [3.05, 3.63) is 133 Å². The Hall–Kier alpha value is -5.12. The maximum absolute atomic E-state index is 2.86. The number of aromatic nitrogens is 2. The van der Waals surface area contributed by atoms with E-state index in [0.717, 1.165) is 0 Å². The van der Waals surface area contributed by atoms with Gasteiger partial charge in [0.05, 0.1) is 22.1 Å². The van der Waals surface area contributed by atoms with Gasteiger partial charge in [0.15, 0.2) is 0 Å². The Bertz CT molecular complexity index is 2470. The molecule has 0 bridgehead atoms. The SMILES string of the molecule is c1ccc2c(c1)-c1ccccc1[Si]21n2c3c4ccccc4ccc3c3ccc4c5ccc6ccccc6c5n1c4c32. The molecule has 0 saturated carbocycles. The first kappa shape index (κ1) is 20.7. The van der Waals surface area contributed by atoms with Crippen LogP contribution in [0.25, 0.3) is 76.3 Å². The number of fused-ring (bicyclic) bond motifs is 17. The third kappa shape index (κ3) is 2.10. The van der Waals surface area contributed by atoms with Gasteiger partial charge in [-0.2, -0.15) is 0 Å². The largest absolute Gasteiger partial charge is 0.341 e. The molecular formula is C38H22N2Si. The highest BCUT2D eigenvalue weighted by Crippen LogP contribution is 2.50. The topological polar surface area (TPSA) is 9.86 Å². The zero-order valence-electron chi connectivity index (χ0n) is 22.1. The van der Waals surface area contributed by atoms with Gasteiger partial charge in [-0.25, -0.2) is 0 Å². The Morgan fingerprint density at radius 3 is 1.22 bits per heavy atom. The van der Waals surface area contributed by atoms with Gasteiger partial charge in [-0.1, -0.05) is 133 Å². The van der Waals surface area contributed by atoms with Gasteiger partial charge in [0.2, 0.25) is 0 Å². The van der Waals surface area contributed by atoms with Gasteiger partial charge in [0.25, 0.3) is 0 Å². The van der Waals surface area contributed by atoms with E-state index in [1.54, 1.807) is 0 Å². The summed E-state index contributed by atoms with van der Waals surface area (Å²) in [6.45, 7) is 0. The highest BCUT2D eigenvalue weighted by atomic mass is 28.3. The quantitative estimate of drug-likeness (QED) is 0.174. The molecule has 2 aromatic heterocycles. The number of hydrogen-bond donors (Lipinski definition) is 0. The molecule has 1 spiro atoms. The third-order valence-corrected chi connectivity index (χ3v) is 14.5. The lowest BCUT2D eigenvalue weighted by Gasteiger charge is -2.31. The number of rotatable bonds is 0. The van der Waals surface area contributed by atoms with Gasteiger partial charge in [-0.3, -0.25) is 0 Å². The molecule has 7 aromatic carbocycles. The molecule has 2 aliphatic rings. The van der Waals surface area contributed by atoms with Gasteiger partial charge < -0.3 is 8.47 Å². The minimum absolute atomic E-state index is 1.30. The smallest absolute Gasteiger partial charge is 0.340 e. The predicted molar refractivity (Wildman–Crippen MR) is 175 cm³/mol. The van der Waals surface area contributed by atoms with Gasteiger partial charge in [-0.15, -0.1) is 0 Å². The van der Waals surface area contributed by atoms with E-state index < -0.39 is 8.40 Å². The van der Waals surface area contributed by atoms with Crippen molar-refractivity contribution in [3.63, 3.8) is 0 Å². The molecule has 0 radical (unpaired) electrons. The standard InChI is InChI=1S/C38H22N2Si/c1-3-11-25-23(9-1)17-19-29-31-21-22-32-30-20-18-24-10-2-4-12-26(24)36(30)40-38(32)37(31)39(35(25)29)41(40)33-15-7-5-13-27(33)28-14-6-8-16-34(28)41/h1-22H. The minimum atomic E-state index is -2.84. The van der Waals surface area contributed by atoms with Crippen LogP contribution in [-0.4, -0.2) is 16.9 Å². The molecule has 0 aliphatic carbocycles. The molecule has 0 saturated heterocycles. The van der Waals surface area contributed by atoms with E-state index >= 15 is 0 Å². The van der Waals surface area contributed by atoms with Crippen LogP contribution in [0, 0.1) is 0 Å². The highest BCUT2D eigenvalue weighted by Gasteiger charge is 2.56. The van der Waals surface area contributed by atoms with Crippen LogP contribution >= 0.6 is 0 Å². The van der Waals surface area contributed by atoms with Crippen LogP contribution in [0.4, 0.5) is 0 Å². The van der Waals surface area contributed by atoms with E-state index in [0.29, 0.717) is 0 Å². The first-order valence-electron chi connectivity index (χ1n) is 14.4. The summed E-state index contributed by atoms with van der Waals surface area (Å²) in [5.41, 5.74) is 8.31. The van der Waals surface area contributed by atoms with Crippen molar-refractivity contribution in [2.75, 3.05) is 0 Å². The van der Waals surface area contributed by atoms with Crippen molar-refractivity contribution in [1.82, 2.24) is 8.47 Å². The van der Waals surface area contributed by atoms with Crippen LogP contribution in [-0.2, 0) is 0 Å². The molecule has 3 heteroatoms. The van der Waals surface area contributed by atoms with Crippen molar-refractivity contribution in [2.24, 2.45) is 0 Å². The molecule has 41 heavy (non-hydrogen) atoms. The Balaban J connectivity index is 1.53. The Morgan fingerprint density at radius 1 is 0.317 bits per heavy atom. The second-order valence-corrected chi connectivity index (χ2v) is 15.0. The van der Waals surface area contributed by atoms with Crippen molar-refractivity contribution in [2.45, 2.75) is 0 Å². The Kier molecular flexibility index (Phi) is 3.43. The summed E-state index contributed by atoms with van der Waals surface area (Å²) in [4.78, 5) is 0. The van der Waals surface area contributed by atoms with E-state index in [1.165, 1.54) is 86.7 Å². The van der Waals surface area contributed by atoms with Crippen LogP contribution in [0.1, 0.15) is 0 Å². The maximum Gasteiger partial charge on any atom is 0.341 e. The van der Waals surface area contributed by atoms with E-state index in [-0.39, 0.29) is 0 Å². The lowest BCUT2D eigenvalue weighted by atomic mass is 10.0. The molecule has 0 amide bonds. The molecule has 9 aromatic rings. The summed E-state index contributed by atoms with van der Waals surface area (Å²) in [6.07, 6.45) is 0. The zero-order chi connectivity index (χ0) is 26.4. The third-order valence-electron chi connectivity index (χ3n) is 9.97. The molecule has 0 unspecified atom stereocenters. The fraction of sp³-hybridized carbons (Fsp3) is 0. The monoisotopic (exact) mass is 534 g/mol. The molecule has 0 atom stereocenters. The second-order valence-electron chi connectivity index (χ2n) is 11.7. The number of benzene rings is 7. The minimum Gasteiger partial charge on any atom is -0.340 e. The van der Waals surface area contributed by atoms with Gasteiger partial charge in [0, 0.05) is 32.3 Å². The maximum atomic E-state index is 2.86. The number of hydrogen-bond acceptors (Lipinski definition) is 0. The van der Waals surface area contributed by atoms with Crippen LogP contribution < -0.4 is 10.4 Å². The van der Waals surface area contributed by atoms with Crippen molar-refractivity contribution >= 4 is 83.9 Å². The molecular weight excluding hydrogens is 513 g/mol. The van der Waals surface area contributed by atoms with Crippen LogP contribution in [0.15, 0.2) is 133 Å². The highest BCUT2D eigenvalue weighted by molar-refractivity contribution is 7.06. The van der Waals surface area contributed by atoms with Gasteiger partial charge in [-0.05, 0) is 32.3 Å². The summed E-state index contributed by atoms with van der Waals surface area (Å²) in [7, 11) is -2.84. The summed E-state index contributed by atoms with van der Waals surface area (Å²) in [5, 5.41) is 13.7. The lowest BCUT2D eigenvalue weighted by Crippen LogP contribution is -2.65. The molecule has 11 rings (SSSR count). The van der Waals surface area contributed by atoms with E-state index in [2.05, 4.69) is 142 Å². The predicted octanol–water partition coefficient (Wildman–Crippen LogP) is 8.16. The molecule has 0 N–H and O–H groups in total. The van der Waals surface area contributed by atoms with Crippen molar-refractivity contribution < 1.29 is 0 Å². The fourth-order valence-corrected chi connectivity index (χ4v) is 14.1. The normalized spacial score (nSPS) is 14.5. The van der Waals surface area contributed by atoms with Crippen molar-refractivity contribution in [1.29, 1.82) is 0 Å². The molecule has 188 valence electrons. The molecule has 2 aliphatic heterocycles. The average Bonchev–Trinajstić information content (AvgIpc) is 3.74. The van der Waals surface area contributed by atoms with Gasteiger partial charge >= 0.3 is 8.40 Å². The van der Waals surface area contributed by atoms with Crippen LogP contribution in [0.3, 0.4) is 0 Å². The molecule has 2 nitrogen and oxygen atoms in total. The first-order chi connectivity index (χ1) is 20.4. The first-order valence-corrected chi connectivity index (χ1v) is 16.3. The second kappa shape index (κ2) is 6.77. The molecule has 4 heterocycles.